The summed E-state index contributed by atoms with van der Waals surface area (Å²) in [6, 6.07) is -0.681. The number of hydrogen-bond donors (Lipinski definition) is 2. The molecule has 0 radical (unpaired) electrons. The van der Waals surface area contributed by atoms with Crippen LogP contribution in [0.4, 0.5) is 0 Å². The smallest absolute Gasteiger partial charge is 0.0586 e. The zero-order valence-corrected chi connectivity index (χ0v) is 4.33. The van der Waals surface area contributed by atoms with Gasteiger partial charge in [-0.15, -0.1) is 0 Å². The topological polar surface area (TPSA) is 86.4 Å². The molecule has 8 heavy (non-hydrogen) atoms. The first kappa shape index (κ1) is 7.39. The van der Waals surface area contributed by atoms with Gasteiger partial charge in [0.05, 0.1) is 6.61 Å². The number of aliphatic hydroxyl groups excluding tert-OH is 1. The van der Waals surface area contributed by atoms with Crippen LogP contribution in [0.25, 0.3) is 0 Å². The van der Waals surface area contributed by atoms with Crippen molar-refractivity contribution >= 4 is 5.97 Å². The van der Waals surface area contributed by atoms with E-state index >= 15 is 0 Å². The molecule has 0 aliphatic rings. The van der Waals surface area contributed by atoms with Gasteiger partial charge in [-0.25, -0.2) is 0 Å². The van der Waals surface area contributed by atoms with E-state index in [0.29, 0.717) is 0 Å². The Kier molecular flexibility index (Phi) is 3.14. The maximum atomic E-state index is 9.67. The molecule has 0 aliphatic heterocycles. The van der Waals surface area contributed by atoms with Gasteiger partial charge in [0.25, 0.3) is 0 Å². The normalized spacial score (nSPS) is 13.2. The Morgan fingerprint density at radius 2 is 2.38 bits per heavy atom. The predicted octanol–water partition coefficient (Wildman–Crippen LogP) is -2.55. The number of aliphatic hydroxyl groups is 1. The van der Waals surface area contributed by atoms with Crippen molar-refractivity contribution in [1.29, 1.82) is 0 Å². The molecule has 0 bridgehead atoms. The third-order valence-electron chi connectivity index (χ3n) is 0.663. The van der Waals surface area contributed by atoms with Crippen LogP contribution in [0.1, 0.15) is 6.42 Å². The molecule has 1 atom stereocenters. The van der Waals surface area contributed by atoms with Crippen LogP contribution >= 0.6 is 0 Å². The highest BCUT2D eigenvalue weighted by atomic mass is 16.4. The van der Waals surface area contributed by atoms with E-state index in [0.717, 1.165) is 0 Å². The molecule has 0 amide bonds. The summed E-state index contributed by atoms with van der Waals surface area (Å²) in [7, 11) is 0. The van der Waals surface area contributed by atoms with Crippen molar-refractivity contribution in [3.05, 3.63) is 0 Å². The Balaban J connectivity index is 3.24. The van der Waals surface area contributed by atoms with Crippen LogP contribution in [0, 0.1) is 0 Å². The van der Waals surface area contributed by atoms with E-state index in [1.807, 2.05) is 0 Å². The highest BCUT2D eigenvalue weighted by molar-refractivity contribution is 5.64. The molecule has 0 unspecified atom stereocenters. The number of carboxylic acids is 1. The van der Waals surface area contributed by atoms with Crippen LogP contribution in [0.3, 0.4) is 0 Å². The third-order valence-corrected chi connectivity index (χ3v) is 0.663. The van der Waals surface area contributed by atoms with E-state index in [-0.39, 0.29) is 13.0 Å². The van der Waals surface area contributed by atoms with Crippen molar-refractivity contribution in [2.24, 2.45) is 5.73 Å². The quantitative estimate of drug-likeness (QED) is 0.427. The average Bonchev–Trinajstić information content (AvgIpc) is 1.65. The minimum Gasteiger partial charge on any atom is -0.550 e. The van der Waals surface area contributed by atoms with Crippen LogP contribution in [0.15, 0.2) is 0 Å². The lowest BCUT2D eigenvalue weighted by molar-refractivity contribution is -0.306. The van der Waals surface area contributed by atoms with Crippen molar-refractivity contribution in [2.75, 3.05) is 6.61 Å². The fourth-order valence-electron chi connectivity index (χ4n) is 0.279. The van der Waals surface area contributed by atoms with Crippen molar-refractivity contribution in [3.8, 4) is 0 Å². The third kappa shape index (κ3) is 3.58. The van der Waals surface area contributed by atoms with Gasteiger partial charge in [-0.1, -0.05) is 0 Å². The maximum Gasteiger partial charge on any atom is 0.0586 e. The maximum absolute atomic E-state index is 9.67. The molecule has 0 saturated carbocycles. The fourth-order valence-corrected chi connectivity index (χ4v) is 0.279. The van der Waals surface area contributed by atoms with Gasteiger partial charge in [0.1, 0.15) is 0 Å². The number of rotatable bonds is 3. The summed E-state index contributed by atoms with van der Waals surface area (Å²) < 4.78 is 0. The lowest BCUT2D eigenvalue weighted by Crippen LogP contribution is -2.34. The first-order valence-corrected chi connectivity index (χ1v) is 2.23. The monoisotopic (exact) mass is 118 g/mol. The first-order chi connectivity index (χ1) is 3.66. The molecule has 0 aromatic heterocycles. The molecular weight excluding hydrogens is 110 g/mol. The summed E-state index contributed by atoms with van der Waals surface area (Å²) in [4.78, 5) is 9.67. The lowest BCUT2D eigenvalue weighted by atomic mass is 10.2. The molecule has 0 fully saturated rings. The van der Waals surface area contributed by atoms with Crippen LogP contribution < -0.4 is 10.8 Å². The van der Waals surface area contributed by atoms with Crippen molar-refractivity contribution < 1.29 is 15.0 Å². The van der Waals surface area contributed by atoms with Gasteiger partial charge in [-0.05, 0) is 0 Å². The number of aliphatic carboxylic acids is 1. The molecule has 3 N–H and O–H groups in total. The molecule has 0 aromatic rings. The Labute approximate surface area is 46.9 Å². The van der Waals surface area contributed by atoms with Gasteiger partial charge < -0.3 is 20.7 Å². The van der Waals surface area contributed by atoms with Crippen molar-refractivity contribution in [2.45, 2.75) is 12.5 Å². The minimum atomic E-state index is -1.23. The minimum absolute atomic E-state index is 0.281. The van der Waals surface area contributed by atoms with Gasteiger partial charge in [-0.2, -0.15) is 0 Å². The largest absolute Gasteiger partial charge is 0.550 e. The molecule has 48 valence electrons. The van der Waals surface area contributed by atoms with Crippen molar-refractivity contribution in [3.63, 3.8) is 0 Å². The molecule has 0 saturated heterocycles. The second-order valence-electron chi connectivity index (χ2n) is 1.52. The number of carbonyl (C=O) groups is 1. The highest BCUT2D eigenvalue weighted by Gasteiger charge is 1.97. The Hall–Kier alpha value is -0.610. The molecule has 0 aliphatic carbocycles. The second kappa shape index (κ2) is 3.40. The van der Waals surface area contributed by atoms with Crippen LogP contribution in [-0.2, 0) is 4.79 Å². The molecule has 0 heterocycles. The van der Waals surface area contributed by atoms with Gasteiger partial charge in [0, 0.05) is 18.4 Å². The summed E-state index contributed by atoms with van der Waals surface area (Å²) in [5, 5.41) is 17.8. The van der Waals surface area contributed by atoms with Crippen LogP contribution in [0.5, 0.6) is 0 Å². The van der Waals surface area contributed by atoms with E-state index in [2.05, 4.69) is 0 Å². The SMILES string of the molecule is N[C@H](CO)CC(=O)[O-]. The average molecular weight is 118 g/mol. The summed E-state index contributed by atoms with van der Waals surface area (Å²) in [5.41, 5.74) is 5.00. The van der Waals surface area contributed by atoms with Gasteiger partial charge >= 0.3 is 0 Å². The molecule has 0 spiro atoms. The summed E-state index contributed by atoms with van der Waals surface area (Å²) in [5.74, 6) is -1.23. The number of nitrogens with two attached hydrogens (primary N) is 1. The zero-order chi connectivity index (χ0) is 6.57. The Morgan fingerprint density at radius 1 is 1.88 bits per heavy atom. The number of carbonyl (C=O) groups excluding carboxylic acids is 1. The first-order valence-electron chi connectivity index (χ1n) is 2.23. The Bertz CT molecular complexity index is 83.4. The Morgan fingerprint density at radius 3 is 2.50 bits per heavy atom. The van der Waals surface area contributed by atoms with E-state index in [9.17, 15) is 9.90 Å². The van der Waals surface area contributed by atoms with Crippen LogP contribution in [0.2, 0.25) is 0 Å². The van der Waals surface area contributed by atoms with Crippen LogP contribution in [-0.4, -0.2) is 23.7 Å². The van der Waals surface area contributed by atoms with Gasteiger partial charge in [0.15, 0.2) is 0 Å². The van der Waals surface area contributed by atoms with E-state index < -0.39 is 12.0 Å². The number of carboxylic acid groups (broad SMARTS) is 1. The lowest BCUT2D eigenvalue weighted by Gasteiger charge is -2.06. The summed E-state index contributed by atoms with van der Waals surface area (Å²) in [6.45, 7) is -0.312. The molecule has 0 aromatic carbocycles. The second-order valence-corrected chi connectivity index (χ2v) is 1.52. The predicted molar refractivity (Wildman–Crippen MR) is 24.7 cm³/mol. The standard InChI is InChI=1S/C4H9NO3/c5-3(2-6)1-4(7)8/h3,6H,1-2,5H2,(H,7,8)/p-1/t3-/m0/s1. The van der Waals surface area contributed by atoms with E-state index in [1.54, 1.807) is 0 Å². The number of hydrogen-bond acceptors (Lipinski definition) is 4. The summed E-state index contributed by atoms with van der Waals surface area (Å²) >= 11 is 0. The molecular formula is C4H8NO3-. The molecule has 4 heteroatoms. The van der Waals surface area contributed by atoms with E-state index in [1.165, 1.54) is 0 Å². The van der Waals surface area contributed by atoms with E-state index in [4.69, 9.17) is 10.8 Å². The molecule has 4 nitrogen and oxygen atoms in total. The highest BCUT2D eigenvalue weighted by Crippen LogP contribution is 1.81. The van der Waals surface area contributed by atoms with Gasteiger partial charge in [0.2, 0.25) is 0 Å². The summed E-state index contributed by atoms with van der Waals surface area (Å²) in [6.07, 6.45) is -0.281. The molecule has 0 rings (SSSR count). The fraction of sp³-hybridized carbons (Fsp3) is 0.750. The zero-order valence-electron chi connectivity index (χ0n) is 4.33. The van der Waals surface area contributed by atoms with Gasteiger partial charge in [-0.3, -0.25) is 0 Å². The van der Waals surface area contributed by atoms with Crippen molar-refractivity contribution in [1.82, 2.24) is 0 Å².